The summed E-state index contributed by atoms with van der Waals surface area (Å²) >= 11 is 0. The van der Waals surface area contributed by atoms with E-state index in [2.05, 4.69) is 6.08 Å². The van der Waals surface area contributed by atoms with E-state index in [4.69, 9.17) is 9.47 Å². The van der Waals surface area contributed by atoms with E-state index in [-0.39, 0.29) is 5.78 Å². The summed E-state index contributed by atoms with van der Waals surface area (Å²) in [4.78, 5) is 24.6. The molecule has 5 nitrogen and oxygen atoms in total. The van der Waals surface area contributed by atoms with Gasteiger partial charge in [-0.2, -0.15) is 0 Å². The number of ketones is 1. The molecule has 2 atom stereocenters. The Bertz CT molecular complexity index is 936. The molecule has 4 rings (SSSR count). The van der Waals surface area contributed by atoms with Gasteiger partial charge in [0.25, 0.3) is 0 Å². The molecule has 0 saturated carbocycles. The smallest absolute Gasteiger partial charge is 0.344 e. The number of hydrogen-bond acceptors (Lipinski definition) is 4. The lowest BCUT2D eigenvalue weighted by atomic mass is 9.90. The molecule has 1 aromatic carbocycles. The van der Waals surface area contributed by atoms with Crippen LogP contribution in [0, 0.1) is 5.92 Å². The zero-order valence-electron chi connectivity index (χ0n) is 16.9. The van der Waals surface area contributed by atoms with Crippen LogP contribution in [0.5, 0.6) is 0 Å². The van der Waals surface area contributed by atoms with Crippen molar-refractivity contribution in [3.05, 3.63) is 77.3 Å². The molecular weight excluding hydrogens is 380 g/mol. The molecule has 2 aliphatic carbocycles. The van der Waals surface area contributed by atoms with Crippen molar-refractivity contribution in [1.29, 1.82) is 0 Å². The Morgan fingerprint density at radius 1 is 1.23 bits per heavy atom. The van der Waals surface area contributed by atoms with Crippen molar-refractivity contribution in [3.63, 3.8) is 0 Å². The van der Waals surface area contributed by atoms with Gasteiger partial charge in [-0.05, 0) is 51.0 Å². The molecule has 0 saturated heterocycles. The van der Waals surface area contributed by atoms with E-state index >= 15 is 0 Å². The first kappa shape index (κ1) is 20.2. The van der Waals surface area contributed by atoms with Gasteiger partial charge in [0.05, 0.1) is 5.92 Å². The second-order valence-corrected chi connectivity index (χ2v) is 7.89. The lowest BCUT2D eigenvalue weighted by Gasteiger charge is -2.29. The highest BCUT2D eigenvalue weighted by Gasteiger charge is 2.35. The highest BCUT2D eigenvalue weighted by atomic mass is 16.5. The molecule has 3 aliphatic rings. The van der Waals surface area contributed by atoms with Crippen LogP contribution in [0.4, 0.5) is 0 Å². The first-order valence-electron chi connectivity index (χ1n) is 10.6. The number of rotatable bonds is 7. The monoisotopic (exact) mass is 406 g/mol. The summed E-state index contributed by atoms with van der Waals surface area (Å²) in [6.07, 6.45) is 12.4. The predicted molar refractivity (Wildman–Crippen MR) is 113 cm³/mol. The van der Waals surface area contributed by atoms with E-state index in [1.54, 1.807) is 6.08 Å². The number of aliphatic carboxylic acids is 1. The normalized spacial score (nSPS) is 21.9. The second kappa shape index (κ2) is 9.16. The Kier molecular flexibility index (Phi) is 6.17. The minimum absolute atomic E-state index is 0.0558. The van der Waals surface area contributed by atoms with Crippen LogP contribution in [0.2, 0.25) is 0 Å². The van der Waals surface area contributed by atoms with Gasteiger partial charge < -0.3 is 14.6 Å². The van der Waals surface area contributed by atoms with Crippen LogP contribution in [0.25, 0.3) is 5.76 Å². The lowest BCUT2D eigenvalue weighted by Crippen LogP contribution is -2.28. The molecule has 0 bridgehead atoms. The fourth-order valence-corrected chi connectivity index (χ4v) is 4.09. The SMILES string of the molecule is O=C(O)C(CCC1=CCCCC1)OC1=C2OC(c3ccccc3)=CC(=O)C2CC=C1. The van der Waals surface area contributed by atoms with Gasteiger partial charge in [-0.3, -0.25) is 4.79 Å². The Morgan fingerprint density at radius 3 is 2.80 bits per heavy atom. The van der Waals surface area contributed by atoms with Crippen molar-refractivity contribution in [2.24, 2.45) is 5.92 Å². The van der Waals surface area contributed by atoms with Crippen molar-refractivity contribution in [1.82, 2.24) is 0 Å². The predicted octanol–water partition coefficient (Wildman–Crippen LogP) is 5.16. The maximum absolute atomic E-state index is 12.7. The van der Waals surface area contributed by atoms with Gasteiger partial charge in [0.2, 0.25) is 0 Å². The zero-order valence-corrected chi connectivity index (χ0v) is 16.9. The summed E-state index contributed by atoms with van der Waals surface area (Å²) in [6, 6.07) is 9.40. The number of carboxylic acids is 1. The number of fused-ring (bicyclic) bond motifs is 1. The molecule has 0 spiro atoms. The van der Waals surface area contributed by atoms with Gasteiger partial charge in [-0.15, -0.1) is 0 Å². The molecule has 1 heterocycles. The molecule has 0 radical (unpaired) electrons. The first-order chi connectivity index (χ1) is 14.6. The Morgan fingerprint density at radius 2 is 2.07 bits per heavy atom. The van der Waals surface area contributed by atoms with E-state index in [1.807, 2.05) is 36.4 Å². The van der Waals surface area contributed by atoms with Crippen LogP contribution in [-0.2, 0) is 19.1 Å². The summed E-state index contributed by atoms with van der Waals surface area (Å²) in [6.45, 7) is 0. The zero-order chi connectivity index (χ0) is 20.9. The fraction of sp³-hybridized carbons (Fsp3) is 0.360. The highest BCUT2D eigenvalue weighted by molar-refractivity contribution is 6.00. The van der Waals surface area contributed by atoms with Crippen LogP contribution in [0.15, 0.2) is 71.7 Å². The Labute approximate surface area is 176 Å². The average Bonchev–Trinajstić information content (AvgIpc) is 2.78. The number of carboxylic acid groups (broad SMARTS) is 1. The molecule has 1 aromatic rings. The van der Waals surface area contributed by atoms with E-state index in [9.17, 15) is 14.7 Å². The van der Waals surface area contributed by atoms with Crippen LogP contribution in [-0.4, -0.2) is 23.0 Å². The maximum Gasteiger partial charge on any atom is 0.344 e. The molecule has 156 valence electrons. The fourth-order valence-electron chi connectivity index (χ4n) is 4.09. The summed E-state index contributed by atoms with van der Waals surface area (Å²) < 4.78 is 12.0. The topological polar surface area (TPSA) is 72.8 Å². The van der Waals surface area contributed by atoms with Crippen LogP contribution in [0.3, 0.4) is 0 Å². The van der Waals surface area contributed by atoms with Gasteiger partial charge >= 0.3 is 5.97 Å². The first-order valence-corrected chi connectivity index (χ1v) is 10.6. The maximum atomic E-state index is 12.7. The van der Waals surface area contributed by atoms with E-state index in [1.165, 1.54) is 18.1 Å². The molecular formula is C25H26O5. The Balaban J connectivity index is 1.54. The number of carbonyl (C=O) groups excluding carboxylic acids is 1. The van der Waals surface area contributed by atoms with Crippen LogP contribution >= 0.6 is 0 Å². The van der Waals surface area contributed by atoms with Crippen LogP contribution < -0.4 is 0 Å². The van der Waals surface area contributed by atoms with Crippen molar-refractivity contribution in [2.45, 2.75) is 51.0 Å². The van der Waals surface area contributed by atoms with Crippen molar-refractivity contribution in [2.75, 3.05) is 0 Å². The van der Waals surface area contributed by atoms with E-state index in [0.29, 0.717) is 36.5 Å². The average molecular weight is 406 g/mol. The summed E-state index contributed by atoms with van der Waals surface area (Å²) in [5, 5.41) is 9.70. The largest absolute Gasteiger partial charge is 0.479 e. The standard InChI is InChI=1S/C25H26O5/c26-20-16-23(18-10-5-2-6-11-18)30-24-19(20)12-7-13-21(24)29-22(25(27)28)15-14-17-8-3-1-4-9-17/h2,5-8,10-11,13,16,19,22H,1,3-4,9,12,14-15H2,(H,27,28). The molecule has 0 aromatic heterocycles. The summed E-state index contributed by atoms with van der Waals surface area (Å²) in [5.41, 5.74) is 2.11. The highest BCUT2D eigenvalue weighted by Crippen LogP contribution is 2.37. The summed E-state index contributed by atoms with van der Waals surface area (Å²) in [7, 11) is 0. The van der Waals surface area contributed by atoms with E-state index in [0.717, 1.165) is 24.8 Å². The number of allylic oxidation sites excluding steroid dienone is 6. The molecule has 0 amide bonds. The third-order valence-corrected chi connectivity index (χ3v) is 5.75. The number of hydrogen-bond donors (Lipinski definition) is 1. The van der Waals surface area contributed by atoms with Crippen LogP contribution in [0.1, 0.15) is 50.5 Å². The molecule has 1 aliphatic heterocycles. The third kappa shape index (κ3) is 4.56. The van der Waals surface area contributed by atoms with Gasteiger partial charge in [0.1, 0.15) is 5.76 Å². The molecule has 2 unspecified atom stereocenters. The minimum atomic E-state index is -1.00. The molecule has 1 N–H and O–H groups in total. The van der Waals surface area contributed by atoms with E-state index < -0.39 is 18.0 Å². The van der Waals surface area contributed by atoms with Crippen molar-refractivity contribution < 1.29 is 24.2 Å². The minimum Gasteiger partial charge on any atom is -0.479 e. The second-order valence-electron chi connectivity index (χ2n) is 7.89. The van der Waals surface area contributed by atoms with Gasteiger partial charge in [-0.1, -0.05) is 48.1 Å². The van der Waals surface area contributed by atoms with Crippen molar-refractivity contribution >= 4 is 17.5 Å². The molecule has 30 heavy (non-hydrogen) atoms. The van der Waals surface area contributed by atoms with Crippen molar-refractivity contribution in [3.8, 4) is 0 Å². The van der Waals surface area contributed by atoms with Gasteiger partial charge in [-0.25, -0.2) is 4.79 Å². The lowest BCUT2D eigenvalue weighted by molar-refractivity contribution is -0.148. The van der Waals surface area contributed by atoms with Gasteiger partial charge in [0, 0.05) is 11.6 Å². The summed E-state index contributed by atoms with van der Waals surface area (Å²) in [5.74, 6) is -0.315. The molecule has 5 heteroatoms. The Hall–Kier alpha value is -3.08. The number of ether oxygens (including phenoxy) is 2. The molecule has 0 fully saturated rings. The quantitative estimate of drug-likeness (QED) is 0.633. The number of benzene rings is 1. The third-order valence-electron chi connectivity index (χ3n) is 5.75. The number of carbonyl (C=O) groups is 2. The van der Waals surface area contributed by atoms with Gasteiger partial charge in [0.15, 0.2) is 23.4 Å².